The third kappa shape index (κ3) is 9.07. The van der Waals surface area contributed by atoms with Gasteiger partial charge in [-0.1, -0.05) is 44.1 Å². The molecule has 3 aliphatic rings. The molecule has 2 aliphatic heterocycles. The summed E-state index contributed by atoms with van der Waals surface area (Å²) in [5.74, 6) is 0.603. The maximum atomic E-state index is 15.5. The number of hydrogen-bond donors (Lipinski definition) is 3. The van der Waals surface area contributed by atoms with Crippen molar-refractivity contribution < 1.29 is 28.0 Å². The standard InChI is InChI=1S/C43H47FN10O5/c1-43(2,3)41-49-40(59-52-41)39(56)47-24-29-6-5-27(22-34(29)44)37-33-21-30(25-46-38(33)51-50-37)28-7-12-35(45-23-28)26-13-17-53(18-14-26)16-4-20-58-32-10-8-31(9-11-32)54-19-15-36(55)48-42(54)57/h5-12,21,23,25-26,34H,4,13-20,22,24H2,1-3H3,(H,47,56)(H,46,50,51)(H,48,55,57). The van der Waals surface area contributed by atoms with E-state index >= 15 is 4.39 Å². The fourth-order valence-corrected chi connectivity index (χ4v) is 7.52. The predicted molar refractivity (Wildman–Crippen MR) is 218 cm³/mol. The molecule has 0 spiro atoms. The van der Waals surface area contributed by atoms with Gasteiger partial charge in [0.05, 0.1) is 12.3 Å². The molecule has 1 unspecified atom stereocenters. The first-order valence-electron chi connectivity index (χ1n) is 20.0. The lowest BCUT2D eigenvalue weighted by molar-refractivity contribution is -0.120. The number of fused-ring (bicyclic) bond motifs is 1. The first-order chi connectivity index (χ1) is 28.5. The first-order valence-corrected chi connectivity index (χ1v) is 20.0. The molecular weight excluding hydrogens is 756 g/mol. The number of amides is 4. The van der Waals surface area contributed by atoms with Crippen molar-refractivity contribution in [3.63, 3.8) is 0 Å². The Labute approximate surface area is 340 Å². The van der Waals surface area contributed by atoms with Crippen molar-refractivity contribution >= 4 is 40.1 Å². The Bertz CT molecular complexity index is 2390. The van der Waals surface area contributed by atoms with E-state index in [4.69, 9.17) is 14.2 Å². The van der Waals surface area contributed by atoms with E-state index in [-0.39, 0.29) is 36.6 Å². The molecule has 4 amide bonds. The minimum Gasteiger partial charge on any atom is -0.494 e. The predicted octanol–water partition coefficient (Wildman–Crippen LogP) is 6.28. The van der Waals surface area contributed by atoms with Crippen LogP contribution in [0, 0.1) is 0 Å². The number of rotatable bonds is 12. The van der Waals surface area contributed by atoms with Crippen molar-refractivity contribution in [3.05, 3.63) is 95.7 Å². The van der Waals surface area contributed by atoms with Gasteiger partial charge < -0.3 is 19.5 Å². The lowest BCUT2D eigenvalue weighted by atomic mass is 9.92. The number of nitrogens with zero attached hydrogens (tertiary/aromatic N) is 7. The van der Waals surface area contributed by atoms with Gasteiger partial charge in [-0.25, -0.2) is 14.2 Å². The maximum absolute atomic E-state index is 15.5. The summed E-state index contributed by atoms with van der Waals surface area (Å²) >= 11 is 0. The smallest absolute Gasteiger partial charge is 0.328 e. The van der Waals surface area contributed by atoms with Crippen molar-refractivity contribution in [1.82, 2.24) is 45.8 Å². The molecule has 16 heteroatoms. The second kappa shape index (κ2) is 16.9. The summed E-state index contributed by atoms with van der Waals surface area (Å²) < 4.78 is 26.5. The normalized spacial score (nSPS) is 18.1. The zero-order valence-corrected chi connectivity index (χ0v) is 33.3. The van der Waals surface area contributed by atoms with Crippen molar-refractivity contribution in [3.8, 4) is 16.9 Å². The number of piperidine rings is 1. The van der Waals surface area contributed by atoms with Gasteiger partial charge in [-0.05, 0) is 79.9 Å². The molecule has 2 fully saturated rings. The molecule has 59 heavy (non-hydrogen) atoms. The van der Waals surface area contributed by atoms with Gasteiger partial charge in [-0.3, -0.25) is 29.9 Å². The summed E-state index contributed by atoms with van der Waals surface area (Å²) in [6.07, 6.45) is 9.28. The minimum absolute atomic E-state index is 0.0119. The largest absolute Gasteiger partial charge is 0.494 e. The number of halogens is 1. The zero-order valence-electron chi connectivity index (χ0n) is 33.3. The van der Waals surface area contributed by atoms with Gasteiger partial charge in [0.2, 0.25) is 5.91 Å². The number of hydrogen-bond acceptors (Lipinski definition) is 11. The molecule has 0 radical (unpaired) electrons. The number of alkyl halides is 1. The molecule has 0 saturated carbocycles. The van der Waals surface area contributed by atoms with Gasteiger partial charge in [0.25, 0.3) is 0 Å². The van der Waals surface area contributed by atoms with Crippen LogP contribution in [0.25, 0.3) is 27.7 Å². The highest BCUT2D eigenvalue weighted by Gasteiger charge is 2.27. The molecular formula is C43H47FN10O5. The van der Waals surface area contributed by atoms with Crippen LogP contribution >= 0.6 is 0 Å². The minimum atomic E-state index is -1.31. The molecule has 4 aromatic heterocycles. The summed E-state index contributed by atoms with van der Waals surface area (Å²) in [6, 6.07) is 13.2. The van der Waals surface area contributed by atoms with Crippen LogP contribution in [-0.2, 0) is 10.2 Å². The monoisotopic (exact) mass is 802 g/mol. The summed E-state index contributed by atoms with van der Waals surface area (Å²) in [5, 5.41) is 17.1. The van der Waals surface area contributed by atoms with Crippen LogP contribution in [0.15, 0.2) is 77.1 Å². The van der Waals surface area contributed by atoms with E-state index < -0.39 is 18.1 Å². The van der Waals surface area contributed by atoms with E-state index in [1.165, 1.54) is 0 Å². The fourth-order valence-electron chi connectivity index (χ4n) is 7.52. The van der Waals surface area contributed by atoms with Crippen LogP contribution in [0.5, 0.6) is 5.75 Å². The molecule has 3 N–H and O–H groups in total. The van der Waals surface area contributed by atoms with Crippen LogP contribution in [0.1, 0.15) is 86.7 Å². The number of anilines is 1. The average molecular weight is 803 g/mol. The highest BCUT2D eigenvalue weighted by Crippen LogP contribution is 2.34. The van der Waals surface area contributed by atoms with Crippen LogP contribution < -0.4 is 20.3 Å². The van der Waals surface area contributed by atoms with E-state index in [1.54, 1.807) is 17.2 Å². The van der Waals surface area contributed by atoms with Crippen LogP contribution in [0.3, 0.4) is 0 Å². The Morgan fingerprint density at radius 3 is 2.53 bits per heavy atom. The first kappa shape index (κ1) is 39.5. The third-order valence-electron chi connectivity index (χ3n) is 11.0. The molecule has 6 heterocycles. The lowest BCUT2D eigenvalue weighted by Gasteiger charge is -2.31. The number of imide groups is 1. The quantitative estimate of drug-likeness (QED) is 0.121. The summed E-state index contributed by atoms with van der Waals surface area (Å²) in [5.41, 5.74) is 5.72. The number of aromatic amines is 1. The number of H-pyrrole nitrogens is 1. The Hall–Kier alpha value is -6.29. The number of aromatic nitrogens is 6. The van der Waals surface area contributed by atoms with E-state index in [2.05, 4.69) is 53.0 Å². The van der Waals surface area contributed by atoms with E-state index in [0.29, 0.717) is 41.8 Å². The van der Waals surface area contributed by atoms with Crippen molar-refractivity contribution in [1.29, 1.82) is 0 Å². The third-order valence-corrected chi connectivity index (χ3v) is 11.0. The number of urea groups is 1. The molecule has 1 aliphatic carbocycles. The number of likely N-dealkylation sites (tertiary alicyclic amines) is 1. The average Bonchev–Trinajstić information content (AvgIpc) is 3.91. The number of nitrogens with one attached hydrogen (secondary N) is 3. The van der Waals surface area contributed by atoms with Gasteiger partial charge in [-0.15, -0.1) is 0 Å². The molecule has 306 valence electrons. The van der Waals surface area contributed by atoms with Gasteiger partial charge >= 0.3 is 17.8 Å². The lowest BCUT2D eigenvalue weighted by Crippen LogP contribution is -2.49. The zero-order chi connectivity index (χ0) is 41.1. The van der Waals surface area contributed by atoms with E-state index in [9.17, 15) is 14.4 Å². The molecule has 1 aromatic carbocycles. The van der Waals surface area contributed by atoms with Crippen molar-refractivity contribution in [2.45, 2.75) is 70.4 Å². The molecule has 8 rings (SSSR count). The van der Waals surface area contributed by atoms with Crippen molar-refractivity contribution in [2.24, 2.45) is 0 Å². The Balaban J connectivity index is 0.811. The molecule has 2 saturated heterocycles. The number of carbonyl (C=O) groups excluding carboxylic acids is 3. The highest BCUT2D eigenvalue weighted by molar-refractivity contribution is 6.05. The second-order valence-electron chi connectivity index (χ2n) is 16.2. The summed E-state index contributed by atoms with van der Waals surface area (Å²) in [6.45, 7) is 9.67. The maximum Gasteiger partial charge on any atom is 0.328 e. The van der Waals surface area contributed by atoms with Crippen LogP contribution in [-0.4, -0.2) is 98.6 Å². The number of ether oxygens (including phenoxy) is 1. The Kier molecular flexibility index (Phi) is 11.3. The number of carbonyl (C=O) groups is 3. The van der Waals surface area contributed by atoms with Gasteiger partial charge in [0.15, 0.2) is 11.5 Å². The van der Waals surface area contributed by atoms with Gasteiger partial charge in [-0.2, -0.15) is 10.1 Å². The van der Waals surface area contributed by atoms with E-state index in [0.717, 1.165) is 78.1 Å². The summed E-state index contributed by atoms with van der Waals surface area (Å²) in [7, 11) is 0. The number of benzene rings is 1. The summed E-state index contributed by atoms with van der Waals surface area (Å²) in [4.78, 5) is 53.8. The Morgan fingerprint density at radius 1 is 1.02 bits per heavy atom. The van der Waals surface area contributed by atoms with Crippen molar-refractivity contribution in [2.75, 3.05) is 44.2 Å². The fraction of sp³-hybridized carbons (Fsp3) is 0.395. The number of pyridine rings is 2. The molecule has 5 aromatic rings. The van der Waals surface area contributed by atoms with Gasteiger partial charge in [0.1, 0.15) is 11.9 Å². The van der Waals surface area contributed by atoms with Crippen LogP contribution in [0.2, 0.25) is 0 Å². The topological polar surface area (TPSA) is 184 Å². The van der Waals surface area contributed by atoms with E-state index in [1.807, 2.05) is 63.4 Å². The second-order valence-corrected chi connectivity index (χ2v) is 16.2. The molecule has 0 bridgehead atoms. The highest BCUT2D eigenvalue weighted by atomic mass is 19.1. The Morgan fingerprint density at radius 2 is 1.81 bits per heavy atom. The SMILES string of the molecule is CC(C)(C)c1noc(C(=O)NCC2=CC=C(c3[nH]nc4ncc(-c5ccc(C6CCN(CCCOc7ccc(N8CCC(=O)NC8=O)cc7)CC6)nc5)cc34)CC2F)n1. The molecule has 15 nitrogen and oxygen atoms in total. The molecule has 1 atom stereocenters. The number of allylic oxidation sites excluding steroid dienone is 3. The van der Waals surface area contributed by atoms with Crippen LogP contribution in [0.4, 0.5) is 14.9 Å². The van der Waals surface area contributed by atoms with Gasteiger partial charge in [0, 0.05) is 84.1 Å².